The smallest absolute Gasteiger partial charge is 0.333 e. The molecule has 6 nitrogen and oxygen atoms in total. The summed E-state index contributed by atoms with van der Waals surface area (Å²) in [5, 5.41) is 3.67. The van der Waals surface area contributed by atoms with Crippen molar-refractivity contribution in [2.45, 2.75) is 52.0 Å². The summed E-state index contributed by atoms with van der Waals surface area (Å²) in [6.07, 6.45) is 5.43. The fourth-order valence-corrected chi connectivity index (χ4v) is 4.25. The molecule has 31 heavy (non-hydrogen) atoms. The van der Waals surface area contributed by atoms with Crippen molar-refractivity contribution in [3.8, 4) is 11.3 Å². The summed E-state index contributed by atoms with van der Waals surface area (Å²) in [5.74, 6) is -0.372. The molecule has 2 aromatic carbocycles. The maximum Gasteiger partial charge on any atom is 0.333 e. The fourth-order valence-electron chi connectivity index (χ4n) is 4.25. The Bertz CT molecular complexity index is 1120. The number of carbonyl (C=O) groups is 2. The van der Waals surface area contributed by atoms with Crippen molar-refractivity contribution < 1.29 is 9.59 Å². The largest absolute Gasteiger partial charge is 0.334 e. The first-order valence-electron chi connectivity index (χ1n) is 10.9. The van der Waals surface area contributed by atoms with E-state index in [1.807, 2.05) is 50.2 Å². The zero-order valence-electron chi connectivity index (χ0n) is 18.0. The van der Waals surface area contributed by atoms with Crippen LogP contribution in [0.2, 0.25) is 0 Å². The van der Waals surface area contributed by atoms with Crippen LogP contribution in [0.4, 0.5) is 4.79 Å². The van der Waals surface area contributed by atoms with Crippen LogP contribution in [0.5, 0.6) is 0 Å². The molecule has 3 amide bonds. The van der Waals surface area contributed by atoms with Crippen molar-refractivity contribution in [3.63, 3.8) is 0 Å². The third kappa shape index (κ3) is 4.85. The molecule has 0 radical (unpaired) electrons. The van der Waals surface area contributed by atoms with E-state index in [9.17, 15) is 9.59 Å². The van der Waals surface area contributed by atoms with E-state index in [2.05, 4.69) is 22.2 Å². The summed E-state index contributed by atoms with van der Waals surface area (Å²) in [7, 11) is 0. The Kier molecular flexibility index (Phi) is 6.16. The molecule has 1 saturated carbocycles. The number of pyridine rings is 1. The molecule has 3 aromatic rings. The van der Waals surface area contributed by atoms with Crippen molar-refractivity contribution in [2.24, 2.45) is 0 Å². The molecule has 0 atom stereocenters. The highest BCUT2D eigenvalue weighted by atomic mass is 16.2. The number of hydrogen-bond donors (Lipinski definition) is 3. The van der Waals surface area contributed by atoms with Gasteiger partial charge in [-0.25, -0.2) is 15.2 Å². The molecule has 0 aliphatic heterocycles. The minimum Gasteiger partial charge on any atom is -0.334 e. The topological polar surface area (TPSA) is 83.1 Å². The van der Waals surface area contributed by atoms with Gasteiger partial charge in [-0.2, -0.15) is 0 Å². The van der Waals surface area contributed by atoms with Gasteiger partial charge < -0.3 is 5.32 Å². The molecular formula is C25H28N4O2. The van der Waals surface area contributed by atoms with Crippen molar-refractivity contribution in [3.05, 3.63) is 65.2 Å². The molecular weight excluding hydrogens is 388 g/mol. The van der Waals surface area contributed by atoms with Crippen molar-refractivity contribution in [2.75, 3.05) is 0 Å². The minimum absolute atomic E-state index is 0.170. The standard InChI is InChI=1S/C25H28N4O2/c1-16-12-13-19(17(2)14-16)23-15-21(20-10-6-7-11-22(20)27-23)24(30)28-29-25(31)26-18-8-4-3-5-9-18/h6-7,10-15,18H,3-5,8-9H2,1-2H3,(H,28,30)(H2,26,29,31). The Hall–Kier alpha value is -3.41. The van der Waals surface area contributed by atoms with Gasteiger partial charge in [-0.1, -0.05) is 61.2 Å². The third-order valence-corrected chi connectivity index (χ3v) is 5.85. The van der Waals surface area contributed by atoms with E-state index in [1.165, 1.54) is 12.0 Å². The molecule has 4 rings (SSSR count). The van der Waals surface area contributed by atoms with Gasteiger partial charge >= 0.3 is 6.03 Å². The highest BCUT2D eigenvalue weighted by Gasteiger charge is 2.18. The number of nitrogens with zero attached hydrogens (tertiary/aromatic N) is 1. The molecule has 0 unspecified atom stereocenters. The molecule has 0 bridgehead atoms. The fraction of sp³-hybridized carbons (Fsp3) is 0.320. The summed E-state index contributed by atoms with van der Waals surface area (Å²) < 4.78 is 0. The number of benzene rings is 2. The second kappa shape index (κ2) is 9.16. The van der Waals surface area contributed by atoms with Crippen LogP contribution in [0, 0.1) is 13.8 Å². The number of amides is 3. The van der Waals surface area contributed by atoms with Crippen molar-refractivity contribution in [1.29, 1.82) is 0 Å². The molecule has 1 aliphatic rings. The first kappa shape index (κ1) is 20.8. The molecule has 1 fully saturated rings. The Labute approximate surface area is 182 Å². The zero-order chi connectivity index (χ0) is 21.8. The van der Waals surface area contributed by atoms with Gasteiger partial charge in [0, 0.05) is 17.0 Å². The Morgan fingerprint density at radius 3 is 2.48 bits per heavy atom. The number of nitrogens with one attached hydrogen (secondary N) is 3. The second-order valence-electron chi connectivity index (χ2n) is 8.28. The van der Waals surface area contributed by atoms with E-state index in [1.54, 1.807) is 6.07 Å². The quantitative estimate of drug-likeness (QED) is 0.537. The van der Waals surface area contributed by atoms with E-state index >= 15 is 0 Å². The molecule has 6 heteroatoms. The Morgan fingerprint density at radius 1 is 0.935 bits per heavy atom. The molecule has 160 valence electrons. The number of carbonyl (C=O) groups excluding carboxylic acids is 2. The first-order chi connectivity index (χ1) is 15.0. The Morgan fingerprint density at radius 2 is 1.71 bits per heavy atom. The van der Waals surface area contributed by atoms with E-state index < -0.39 is 0 Å². The molecule has 1 heterocycles. The van der Waals surface area contributed by atoms with Crippen molar-refractivity contribution in [1.82, 2.24) is 21.2 Å². The van der Waals surface area contributed by atoms with E-state index in [0.717, 1.165) is 53.4 Å². The van der Waals surface area contributed by atoms with Gasteiger partial charge in [0.05, 0.1) is 16.8 Å². The maximum absolute atomic E-state index is 13.0. The normalized spacial score (nSPS) is 14.3. The van der Waals surface area contributed by atoms with Crippen LogP contribution in [-0.2, 0) is 0 Å². The highest BCUT2D eigenvalue weighted by molar-refractivity contribution is 6.07. The summed E-state index contributed by atoms with van der Waals surface area (Å²) in [4.78, 5) is 30.0. The van der Waals surface area contributed by atoms with E-state index in [4.69, 9.17) is 4.98 Å². The summed E-state index contributed by atoms with van der Waals surface area (Å²) >= 11 is 0. The Balaban J connectivity index is 1.57. The van der Waals surface area contributed by atoms with Gasteiger partial charge in [-0.15, -0.1) is 0 Å². The van der Waals surface area contributed by atoms with Gasteiger partial charge in [0.15, 0.2) is 0 Å². The van der Waals surface area contributed by atoms with Gasteiger partial charge in [-0.3, -0.25) is 10.2 Å². The summed E-state index contributed by atoms with van der Waals surface area (Å²) in [6.45, 7) is 4.09. The zero-order valence-corrected chi connectivity index (χ0v) is 18.0. The monoisotopic (exact) mass is 416 g/mol. The van der Waals surface area contributed by atoms with Crippen molar-refractivity contribution >= 4 is 22.8 Å². The van der Waals surface area contributed by atoms with Crippen LogP contribution in [-0.4, -0.2) is 23.0 Å². The predicted molar refractivity (Wildman–Crippen MR) is 123 cm³/mol. The molecule has 1 aromatic heterocycles. The number of aryl methyl sites for hydroxylation is 2. The van der Waals surface area contributed by atoms with Crippen LogP contribution >= 0.6 is 0 Å². The van der Waals surface area contributed by atoms with Gasteiger partial charge in [0.1, 0.15) is 0 Å². The van der Waals surface area contributed by atoms with Gasteiger partial charge in [-0.05, 0) is 44.4 Å². The number of hydrogen-bond acceptors (Lipinski definition) is 3. The van der Waals surface area contributed by atoms with Crippen LogP contribution in [0.25, 0.3) is 22.2 Å². The summed E-state index contributed by atoms with van der Waals surface area (Å²) in [5.41, 5.74) is 10.2. The lowest BCUT2D eigenvalue weighted by molar-refractivity contribution is 0.0937. The number of para-hydroxylation sites is 1. The SMILES string of the molecule is Cc1ccc(-c2cc(C(=O)NNC(=O)NC3CCCCC3)c3ccccc3n2)c(C)c1. The number of hydrazine groups is 1. The lowest BCUT2D eigenvalue weighted by Crippen LogP contribution is -2.50. The molecule has 0 saturated heterocycles. The minimum atomic E-state index is -0.381. The number of aromatic nitrogens is 1. The summed E-state index contributed by atoms with van der Waals surface area (Å²) in [6, 6.07) is 15.3. The predicted octanol–water partition coefficient (Wildman–Crippen LogP) is 4.80. The van der Waals surface area contributed by atoms with E-state index in [-0.39, 0.29) is 18.0 Å². The van der Waals surface area contributed by atoms with Gasteiger partial charge in [0.25, 0.3) is 5.91 Å². The molecule has 1 aliphatic carbocycles. The maximum atomic E-state index is 13.0. The lowest BCUT2D eigenvalue weighted by atomic mass is 9.96. The van der Waals surface area contributed by atoms with Crippen LogP contribution in [0.3, 0.4) is 0 Å². The third-order valence-electron chi connectivity index (χ3n) is 5.85. The van der Waals surface area contributed by atoms with Crippen LogP contribution in [0.1, 0.15) is 53.6 Å². The number of fused-ring (bicyclic) bond motifs is 1. The van der Waals surface area contributed by atoms with Crippen LogP contribution in [0.15, 0.2) is 48.5 Å². The lowest BCUT2D eigenvalue weighted by Gasteiger charge is -2.22. The first-order valence-corrected chi connectivity index (χ1v) is 10.9. The molecule has 0 spiro atoms. The van der Waals surface area contributed by atoms with Gasteiger partial charge in [0.2, 0.25) is 0 Å². The second-order valence-corrected chi connectivity index (χ2v) is 8.28. The highest BCUT2D eigenvalue weighted by Crippen LogP contribution is 2.27. The average Bonchev–Trinajstić information content (AvgIpc) is 2.77. The van der Waals surface area contributed by atoms with Crippen LogP contribution < -0.4 is 16.2 Å². The van der Waals surface area contributed by atoms with E-state index in [0.29, 0.717) is 5.56 Å². The average molecular weight is 417 g/mol. The number of urea groups is 1. The molecule has 3 N–H and O–H groups in total. The number of rotatable bonds is 3.